The van der Waals surface area contributed by atoms with Gasteiger partial charge in [-0.2, -0.15) is 5.26 Å². The molecule has 142 valence electrons. The quantitative estimate of drug-likeness (QED) is 0.468. The highest BCUT2D eigenvalue weighted by molar-refractivity contribution is 8.01. The number of fused-ring (bicyclic) bond motifs is 1. The molecular formula is C23H23N3OS. The van der Waals surface area contributed by atoms with Crippen LogP contribution in [0.2, 0.25) is 0 Å². The first-order valence-corrected chi connectivity index (χ1v) is 10.1. The Bertz CT molecular complexity index is 1100. The molecule has 0 aliphatic heterocycles. The van der Waals surface area contributed by atoms with Crippen molar-refractivity contribution in [1.82, 2.24) is 4.57 Å². The second-order valence-electron chi connectivity index (χ2n) is 6.56. The lowest BCUT2D eigenvalue weighted by Crippen LogP contribution is -1.98. The first kappa shape index (κ1) is 19.7. The summed E-state index contributed by atoms with van der Waals surface area (Å²) < 4.78 is 10.8. The van der Waals surface area contributed by atoms with Gasteiger partial charge in [-0.1, -0.05) is 25.8 Å². The van der Waals surface area contributed by atoms with Crippen LogP contribution in [0.5, 0.6) is 5.75 Å². The molecule has 1 aromatic heterocycles. The van der Waals surface area contributed by atoms with E-state index < -0.39 is 0 Å². The number of hydrogen-bond acceptors (Lipinski definition) is 4. The maximum absolute atomic E-state index is 9.74. The van der Waals surface area contributed by atoms with Crippen molar-refractivity contribution in [1.29, 1.82) is 5.26 Å². The fraction of sp³-hybridized carbons (Fsp3) is 0.261. The maximum Gasteiger partial charge on any atom is 0.120 e. The Labute approximate surface area is 170 Å². The molecule has 2 aromatic carbocycles. The summed E-state index contributed by atoms with van der Waals surface area (Å²) in [5.74, 6) is 7.23. The Hall–Kier alpha value is -3.02. The summed E-state index contributed by atoms with van der Waals surface area (Å²) in [6.45, 7) is 7.06. The van der Waals surface area contributed by atoms with Crippen molar-refractivity contribution < 1.29 is 4.74 Å². The van der Waals surface area contributed by atoms with Crippen LogP contribution in [0.15, 0.2) is 42.5 Å². The molecule has 0 bridgehead atoms. The molecule has 5 heteroatoms. The van der Waals surface area contributed by atoms with E-state index in [9.17, 15) is 5.26 Å². The van der Waals surface area contributed by atoms with Crippen molar-refractivity contribution in [2.24, 2.45) is 0 Å². The molecule has 4 nitrogen and oxygen atoms in total. The lowest BCUT2D eigenvalue weighted by atomic mass is 10.1. The lowest BCUT2D eigenvalue weighted by Gasteiger charge is -2.07. The average molecular weight is 390 g/mol. The van der Waals surface area contributed by atoms with Gasteiger partial charge in [-0.05, 0) is 55.1 Å². The Morgan fingerprint density at radius 3 is 2.68 bits per heavy atom. The fourth-order valence-corrected chi connectivity index (χ4v) is 3.50. The first-order valence-electron chi connectivity index (χ1n) is 9.21. The monoisotopic (exact) mass is 389 g/mol. The van der Waals surface area contributed by atoms with Crippen molar-refractivity contribution in [3.8, 4) is 23.7 Å². The molecule has 3 aromatic rings. The Kier molecular flexibility index (Phi) is 6.19. The van der Waals surface area contributed by atoms with Crippen LogP contribution in [-0.2, 0) is 6.54 Å². The van der Waals surface area contributed by atoms with Gasteiger partial charge in [-0.3, -0.25) is 0 Å². The van der Waals surface area contributed by atoms with Gasteiger partial charge in [0.25, 0.3) is 0 Å². The number of benzene rings is 2. The number of anilines is 1. The van der Waals surface area contributed by atoms with Crippen molar-refractivity contribution in [3.63, 3.8) is 0 Å². The number of nitrogens with one attached hydrogen (secondary N) is 1. The summed E-state index contributed by atoms with van der Waals surface area (Å²) in [5.41, 5.74) is 4.24. The van der Waals surface area contributed by atoms with E-state index in [2.05, 4.69) is 48.0 Å². The van der Waals surface area contributed by atoms with Gasteiger partial charge < -0.3 is 14.0 Å². The minimum atomic E-state index is 0.491. The highest BCUT2D eigenvalue weighted by Crippen LogP contribution is 2.29. The second-order valence-corrected chi connectivity index (χ2v) is 7.94. The molecule has 1 N–H and O–H groups in total. The highest BCUT2D eigenvalue weighted by Gasteiger charge is 2.15. The minimum absolute atomic E-state index is 0.491. The van der Waals surface area contributed by atoms with E-state index in [1.54, 1.807) is 19.1 Å². The van der Waals surface area contributed by atoms with E-state index in [1.165, 1.54) is 0 Å². The standard InChI is InChI=1S/C23H23N3OS/c1-5-26-22(21(15-24)20-11-10-19(27-4)14-23(20)26)12-9-17-7-6-8-18(13-17)25-28-16(2)3/h6-8,10-11,13-14,16,25H,5H2,1-4H3. The Morgan fingerprint density at radius 2 is 2.00 bits per heavy atom. The van der Waals surface area contributed by atoms with Crippen LogP contribution in [0.4, 0.5) is 5.69 Å². The summed E-state index contributed by atoms with van der Waals surface area (Å²) in [5, 5.41) is 11.1. The smallest absolute Gasteiger partial charge is 0.120 e. The van der Waals surface area contributed by atoms with E-state index >= 15 is 0 Å². The average Bonchev–Trinajstić information content (AvgIpc) is 3.02. The minimum Gasteiger partial charge on any atom is -0.497 e. The van der Waals surface area contributed by atoms with E-state index in [0.29, 0.717) is 10.8 Å². The molecule has 0 fully saturated rings. The predicted octanol–water partition coefficient (Wildman–Crippen LogP) is 5.41. The molecule has 0 atom stereocenters. The number of nitrogens with zero attached hydrogens (tertiary/aromatic N) is 2. The number of hydrogen-bond donors (Lipinski definition) is 1. The van der Waals surface area contributed by atoms with Crippen LogP contribution in [0.3, 0.4) is 0 Å². The third kappa shape index (κ3) is 4.11. The largest absolute Gasteiger partial charge is 0.497 e. The third-order valence-corrected chi connectivity index (χ3v) is 5.13. The first-order chi connectivity index (χ1) is 13.6. The van der Waals surface area contributed by atoms with E-state index in [1.807, 2.05) is 42.5 Å². The van der Waals surface area contributed by atoms with Gasteiger partial charge in [0.15, 0.2) is 0 Å². The summed E-state index contributed by atoms with van der Waals surface area (Å²) >= 11 is 1.67. The van der Waals surface area contributed by atoms with E-state index in [-0.39, 0.29) is 0 Å². The molecule has 0 amide bonds. The van der Waals surface area contributed by atoms with Gasteiger partial charge in [0.05, 0.1) is 18.2 Å². The Morgan fingerprint density at radius 1 is 1.18 bits per heavy atom. The van der Waals surface area contributed by atoms with Crippen LogP contribution in [0, 0.1) is 23.2 Å². The lowest BCUT2D eigenvalue weighted by molar-refractivity contribution is 0.415. The zero-order valence-corrected chi connectivity index (χ0v) is 17.4. The van der Waals surface area contributed by atoms with Crippen LogP contribution < -0.4 is 9.46 Å². The van der Waals surface area contributed by atoms with Gasteiger partial charge >= 0.3 is 0 Å². The number of aryl methyl sites for hydroxylation is 1. The molecule has 0 radical (unpaired) electrons. The topological polar surface area (TPSA) is 50.0 Å². The summed E-state index contributed by atoms with van der Waals surface area (Å²) in [4.78, 5) is 0. The SMILES string of the molecule is CCn1c(C#Cc2cccc(NSC(C)C)c2)c(C#N)c2ccc(OC)cc21. The molecule has 0 saturated carbocycles. The summed E-state index contributed by atoms with van der Waals surface area (Å²) in [6, 6.07) is 16.1. The van der Waals surface area contributed by atoms with Crippen molar-refractivity contribution >= 4 is 28.5 Å². The zero-order valence-electron chi connectivity index (χ0n) is 16.5. The number of ether oxygens (including phenoxy) is 1. The molecule has 28 heavy (non-hydrogen) atoms. The predicted molar refractivity (Wildman–Crippen MR) is 118 cm³/mol. The van der Waals surface area contributed by atoms with Gasteiger partial charge in [0.1, 0.15) is 17.5 Å². The molecule has 0 saturated heterocycles. The van der Waals surface area contributed by atoms with Gasteiger partial charge in [-0.15, -0.1) is 0 Å². The molecular weight excluding hydrogens is 366 g/mol. The van der Waals surface area contributed by atoms with Crippen LogP contribution >= 0.6 is 11.9 Å². The zero-order chi connectivity index (χ0) is 20.1. The molecule has 3 rings (SSSR count). The van der Waals surface area contributed by atoms with Crippen molar-refractivity contribution in [2.45, 2.75) is 32.6 Å². The second kappa shape index (κ2) is 8.78. The number of rotatable bonds is 5. The molecule has 0 unspecified atom stereocenters. The molecule has 1 heterocycles. The number of methoxy groups -OCH3 is 1. The normalized spacial score (nSPS) is 10.4. The summed E-state index contributed by atoms with van der Waals surface area (Å²) in [6.07, 6.45) is 0. The fourth-order valence-electron chi connectivity index (χ4n) is 3.01. The van der Waals surface area contributed by atoms with E-state index in [4.69, 9.17) is 4.74 Å². The number of aromatic nitrogens is 1. The van der Waals surface area contributed by atoms with Gasteiger partial charge in [0.2, 0.25) is 0 Å². The van der Waals surface area contributed by atoms with Gasteiger partial charge in [0, 0.05) is 34.5 Å². The van der Waals surface area contributed by atoms with Crippen LogP contribution in [-0.4, -0.2) is 16.9 Å². The Balaban J connectivity index is 2.04. The van der Waals surface area contributed by atoms with Crippen molar-refractivity contribution in [3.05, 3.63) is 59.3 Å². The third-order valence-electron chi connectivity index (χ3n) is 4.30. The number of nitriles is 1. The van der Waals surface area contributed by atoms with E-state index in [0.717, 1.165) is 40.1 Å². The van der Waals surface area contributed by atoms with Crippen LogP contribution in [0.25, 0.3) is 10.9 Å². The summed E-state index contributed by atoms with van der Waals surface area (Å²) in [7, 11) is 1.64. The van der Waals surface area contributed by atoms with Crippen LogP contribution in [0.1, 0.15) is 37.6 Å². The van der Waals surface area contributed by atoms with Crippen molar-refractivity contribution in [2.75, 3.05) is 11.8 Å². The molecule has 0 aliphatic rings. The van der Waals surface area contributed by atoms with Gasteiger partial charge in [-0.25, -0.2) is 0 Å². The molecule has 0 spiro atoms. The molecule has 0 aliphatic carbocycles. The highest BCUT2D eigenvalue weighted by atomic mass is 32.2. The maximum atomic E-state index is 9.74.